The van der Waals surface area contributed by atoms with E-state index in [0.717, 1.165) is 58.5 Å². The molecule has 0 spiro atoms. The number of nitrogens with zero attached hydrogens (tertiary/aromatic N) is 4. The molecule has 4 aromatic rings. The number of amides is 1. The number of hydrogen-bond acceptors (Lipinski definition) is 4. The van der Waals surface area contributed by atoms with Crippen LogP contribution < -0.4 is 5.32 Å². The molecule has 0 radical (unpaired) electrons. The summed E-state index contributed by atoms with van der Waals surface area (Å²) in [5.74, 6) is 0.828. The average Bonchev–Trinajstić information content (AvgIpc) is 3.45. The Morgan fingerprint density at radius 2 is 1.91 bits per heavy atom. The van der Waals surface area contributed by atoms with Crippen molar-refractivity contribution in [2.45, 2.75) is 32.7 Å². The zero-order valence-electron chi connectivity index (χ0n) is 18.1. The molecular formula is C26H25N5O. The van der Waals surface area contributed by atoms with Crippen molar-refractivity contribution in [3.8, 4) is 0 Å². The summed E-state index contributed by atoms with van der Waals surface area (Å²) >= 11 is 0. The van der Waals surface area contributed by atoms with Gasteiger partial charge < -0.3 is 9.88 Å². The molecule has 2 aromatic carbocycles. The highest BCUT2D eigenvalue weighted by Crippen LogP contribution is 2.37. The minimum atomic E-state index is -0.0524. The van der Waals surface area contributed by atoms with Gasteiger partial charge in [0.2, 0.25) is 0 Å². The molecule has 6 heteroatoms. The van der Waals surface area contributed by atoms with E-state index in [1.165, 1.54) is 5.57 Å². The number of benzene rings is 2. The highest BCUT2D eigenvalue weighted by Gasteiger charge is 2.26. The predicted molar refractivity (Wildman–Crippen MR) is 126 cm³/mol. The topological polar surface area (TPSA) is 72.7 Å². The molecule has 6 nitrogen and oxygen atoms in total. The minimum absolute atomic E-state index is 0.0524. The predicted octanol–water partition coefficient (Wildman–Crippen LogP) is 4.31. The monoisotopic (exact) mass is 423 g/mol. The molecule has 160 valence electrons. The molecule has 32 heavy (non-hydrogen) atoms. The number of carbonyl (C=O) groups is 1. The number of allylic oxidation sites excluding steroid dienone is 1. The lowest BCUT2D eigenvalue weighted by Gasteiger charge is -2.13. The first-order valence-corrected chi connectivity index (χ1v) is 11.1. The first-order valence-electron chi connectivity index (χ1n) is 11.1. The zero-order chi connectivity index (χ0) is 21.9. The summed E-state index contributed by atoms with van der Waals surface area (Å²) in [5.41, 5.74) is 5.92. The van der Waals surface area contributed by atoms with E-state index < -0.39 is 0 Å². The third-order valence-corrected chi connectivity index (χ3v) is 5.98. The fraction of sp³-hybridized carbons (Fsp3) is 0.231. The SMILES string of the molecule is CCn1cnnc1CCNC(=O)c1c2c(nc3ccccc13)C(=Cc1ccccc1)CC2. The van der Waals surface area contributed by atoms with Gasteiger partial charge in [0.05, 0.1) is 16.8 Å². The summed E-state index contributed by atoms with van der Waals surface area (Å²) in [6, 6.07) is 18.2. The van der Waals surface area contributed by atoms with Gasteiger partial charge in [-0.05, 0) is 48.6 Å². The van der Waals surface area contributed by atoms with Crippen molar-refractivity contribution in [1.29, 1.82) is 0 Å². The van der Waals surface area contributed by atoms with Gasteiger partial charge in [-0.2, -0.15) is 0 Å². The molecule has 0 aliphatic heterocycles. The summed E-state index contributed by atoms with van der Waals surface area (Å²) in [4.78, 5) is 18.3. The summed E-state index contributed by atoms with van der Waals surface area (Å²) in [6.45, 7) is 3.38. The van der Waals surface area contributed by atoms with Crippen molar-refractivity contribution in [2.75, 3.05) is 6.54 Å². The van der Waals surface area contributed by atoms with E-state index in [-0.39, 0.29) is 5.91 Å². The molecular weight excluding hydrogens is 398 g/mol. The normalized spacial score (nSPS) is 14.1. The van der Waals surface area contributed by atoms with E-state index in [1.807, 2.05) is 47.0 Å². The fourth-order valence-corrected chi connectivity index (χ4v) is 4.40. The van der Waals surface area contributed by atoms with E-state index in [0.29, 0.717) is 13.0 Å². The summed E-state index contributed by atoms with van der Waals surface area (Å²) in [5, 5.41) is 12.1. The molecule has 1 amide bonds. The highest BCUT2D eigenvalue weighted by atomic mass is 16.1. The maximum atomic E-state index is 13.4. The maximum absolute atomic E-state index is 13.4. The quantitative estimate of drug-likeness (QED) is 0.502. The van der Waals surface area contributed by atoms with Gasteiger partial charge in [-0.15, -0.1) is 10.2 Å². The second-order valence-electron chi connectivity index (χ2n) is 7.95. The summed E-state index contributed by atoms with van der Waals surface area (Å²) in [6.07, 6.45) is 6.25. The van der Waals surface area contributed by atoms with Gasteiger partial charge in [0, 0.05) is 24.9 Å². The maximum Gasteiger partial charge on any atom is 0.252 e. The number of hydrogen-bond donors (Lipinski definition) is 1. The second-order valence-corrected chi connectivity index (χ2v) is 7.95. The lowest BCUT2D eigenvalue weighted by molar-refractivity contribution is 0.0954. The second kappa shape index (κ2) is 8.75. The van der Waals surface area contributed by atoms with Crippen molar-refractivity contribution in [2.24, 2.45) is 0 Å². The van der Waals surface area contributed by atoms with Crippen LogP contribution in [0.1, 0.15) is 46.3 Å². The Labute approximate surface area is 187 Å². The Morgan fingerprint density at radius 3 is 2.75 bits per heavy atom. The van der Waals surface area contributed by atoms with Crippen LogP contribution in [0.3, 0.4) is 0 Å². The van der Waals surface area contributed by atoms with E-state index >= 15 is 0 Å². The molecule has 0 fully saturated rings. The molecule has 2 heterocycles. The Kier molecular flexibility index (Phi) is 5.50. The van der Waals surface area contributed by atoms with Crippen LogP contribution in [-0.4, -0.2) is 32.2 Å². The van der Waals surface area contributed by atoms with Crippen LogP contribution in [0.25, 0.3) is 22.6 Å². The number of carbonyl (C=O) groups excluding carboxylic acids is 1. The van der Waals surface area contributed by atoms with E-state index in [2.05, 4.69) is 40.6 Å². The summed E-state index contributed by atoms with van der Waals surface area (Å²) in [7, 11) is 0. The fourth-order valence-electron chi connectivity index (χ4n) is 4.40. The van der Waals surface area contributed by atoms with Crippen LogP contribution in [0, 0.1) is 0 Å². The number of pyridine rings is 1. The largest absolute Gasteiger partial charge is 0.352 e. The number of aromatic nitrogens is 4. The molecule has 5 rings (SSSR count). The third kappa shape index (κ3) is 3.80. The smallest absolute Gasteiger partial charge is 0.252 e. The lowest BCUT2D eigenvalue weighted by Crippen LogP contribution is -2.28. The van der Waals surface area contributed by atoms with Gasteiger partial charge in [0.1, 0.15) is 12.2 Å². The highest BCUT2D eigenvalue weighted by molar-refractivity contribution is 6.09. The number of aryl methyl sites for hydroxylation is 1. The van der Waals surface area contributed by atoms with Gasteiger partial charge in [0.25, 0.3) is 5.91 Å². The van der Waals surface area contributed by atoms with Gasteiger partial charge in [0.15, 0.2) is 0 Å². The molecule has 0 unspecified atom stereocenters. The van der Waals surface area contributed by atoms with Crippen molar-refractivity contribution in [3.05, 3.63) is 89.1 Å². The lowest BCUT2D eigenvalue weighted by atomic mass is 10.00. The van der Waals surface area contributed by atoms with Crippen molar-refractivity contribution in [3.63, 3.8) is 0 Å². The van der Waals surface area contributed by atoms with Gasteiger partial charge in [-0.1, -0.05) is 48.5 Å². The van der Waals surface area contributed by atoms with Crippen LogP contribution >= 0.6 is 0 Å². The van der Waals surface area contributed by atoms with Crippen LogP contribution in [0.4, 0.5) is 0 Å². The Hall–Kier alpha value is -3.80. The Bertz CT molecular complexity index is 1310. The number of rotatable bonds is 6. The van der Waals surface area contributed by atoms with E-state index in [4.69, 9.17) is 4.98 Å². The minimum Gasteiger partial charge on any atom is -0.352 e. The zero-order valence-corrected chi connectivity index (χ0v) is 18.1. The number of fused-ring (bicyclic) bond motifs is 2. The first-order chi connectivity index (χ1) is 15.7. The number of nitrogens with one attached hydrogen (secondary N) is 1. The van der Waals surface area contributed by atoms with Gasteiger partial charge >= 0.3 is 0 Å². The number of para-hydroxylation sites is 1. The standard InChI is InChI=1S/C26H25N5O/c1-2-31-17-28-30-23(31)14-15-27-26(32)24-20-10-6-7-11-22(20)29-25-19(12-13-21(24)25)16-18-8-4-3-5-9-18/h3-11,16-17H,2,12-15H2,1H3,(H,27,32). The average molecular weight is 424 g/mol. The molecule has 2 aromatic heterocycles. The van der Waals surface area contributed by atoms with E-state index in [1.54, 1.807) is 6.33 Å². The van der Waals surface area contributed by atoms with E-state index in [9.17, 15) is 4.79 Å². The van der Waals surface area contributed by atoms with Crippen LogP contribution in [0.5, 0.6) is 0 Å². The van der Waals surface area contributed by atoms with Crippen LogP contribution in [-0.2, 0) is 19.4 Å². The van der Waals surface area contributed by atoms with Gasteiger partial charge in [-0.25, -0.2) is 4.98 Å². The Morgan fingerprint density at radius 1 is 1.09 bits per heavy atom. The first kappa shape index (κ1) is 20.1. The Balaban J connectivity index is 1.47. The molecule has 0 atom stereocenters. The van der Waals surface area contributed by atoms with Crippen LogP contribution in [0.15, 0.2) is 60.9 Å². The molecule has 1 N–H and O–H groups in total. The van der Waals surface area contributed by atoms with Crippen molar-refractivity contribution in [1.82, 2.24) is 25.1 Å². The van der Waals surface area contributed by atoms with Crippen molar-refractivity contribution >= 4 is 28.5 Å². The van der Waals surface area contributed by atoms with Gasteiger partial charge in [-0.3, -0.25) is 4.79 Å². The molecule has 0 saturated heterocycles. The van der Waals surface area contributed by atoms with Crippen molar-refractivity contribution < 1.29 is 4.79 Å². The third-order valence-electron chi connectivity index (χ3n) is 5.98. The molecule has 1 aliphatic carbocycles. The molecule has 1 aliphatic rings. The van der Waals surface area contributed by atoms with Crippen LogP contribution in [0.2, 0.25) is 0 Å². The molecule has 0 bridgehead atoms. The molecule has 0 saturated carbocycles. The summed E-state index contributed by atoms with van der Waals surface area (Å²) < 4.78 is 1.99.